The number of sulfone groups is 1. The maximum Gasteiger partial charge on any atom is 0.326 e. The van der Waals surface area contributed by atoms with Crippen molar-refractivity contribution < 1.29 is 23.1 Å². The fraction of sp³-hybridized carbons (Fsp3) is 0.833. The molecule has 0 aromatic carbocycles. The Labute approximate surface area is 113 Å². The van der Waals surface area contributed by atoms with Crippen molar-refractivity contribution >= 4 is 21.7 Å². The van der Waals surface area contributed by atoms with Crippen LogP contribution < -0.4 is 5.32 Å². The monoisotopic (exact) mass is 291 g/mol. The lowest BCUT2D eigenvalue weighted by atomic mass is 10.1. The zero-order valence-electron chi connectivity index (χ0n) is 11.5. The lowest BCUT2D eigenvalue weighted by Crippen LogP contribution is -2.45. The summed E-state index contributed by atoms with van der Waals surface area (Å²) in [6.07, 6.45) is 2.32. The molecule has 0 aromatic heterocycles. The molecule has 1 atom stereocenters. The van der Waals surface area contributed by atoms with Crippen LogP contribution in [0.1, 0.15) is 40.0 Å². The quantitative estimate of drug-likeness (QED) is 0.745. The number of amides is 1. The Morgan fingerprint density at radius 3 is 2.21 bits per heavy atom. The summed E-state index contributed by atoms with van der Waals surface area (Å²) in [4.78, 5) is 22.7. The molecule has 1 unspecified atom stereocenters. The van der Waals surface area contributed by atoms with Crippen LogP contribution in [0, 0.1) is 5.92 Å². The number of hydrogen-bond donors (Lipinski definition) is 2. The molecule has 6 nitrogen and oxygen atoms in total. The molecule has 1 fully saturated rings. The van der Waals surface area contributed by atoms with Gasteiger partial charge < -0.3 is 10.4 Å². The van der Waals surface area contributed by atoms with Crippen LogP contribution in [-0.2, 0) is 19.4 Å². The SMILES string of the molecule is CC(C)(C)S(=O)(=O)CC(=O)NC(CC1CC1)C(=O)O. The zero-order valence-corrected chi connectivity index (χ0v) is 12.3. The van der Waals surface area contributed by atoms with Crippen LogP contribution in [0.3, 0.4) is 0 Å². The summed E-state index contributed by atoms with van der Waals surface area (Å²) in [6, 6.07) is -0.991. The van der Waals surface area contributed by atoms with Gasteiger partial charge >= 0.3 is 5.97 Å². The minimum absolute atomic E-state index is 0.334. The van der Waals surface area contributed by atoms with E-state index in [1.165, 1.54) is 20.8 Å². The lowest BCUT2D eigenvalue weighted by Gasteiger charge is -2.20. The van der Waals surface area contributed by atoms with Gasteiger partial charge in [-0.25, -0.2) is 13.2 Å². The molecule has 0 bridgehead atoms. The van der Waals surface area contributed by atoms with Gasteiger partial charge in [0.05, 0.1) is 4.75 Å². The first-order valence-electron chi connectivity index (χ1n) is 6.27. The van der Waals surface area contributed by atoms with Crippen LogP contribution >= 0.6 is 0 Å². The van der Waals surface area contributed by atoms with E-state index in [4.69, 9.17) is 5.11 Å². The van der Waals surface area contributed by atoms with E-state index < -0.39 is 38.3 Å². The number of nitrogens with one attached hydrogen (secondary N) is 1. The molecule has 1 aliphatic rings. The minimum atomic E-state index is -3.59. The third-order valence-electron chi connectivity index (χ3n) is 3.15. The van der Waals surface area contributed by atoms with E-state index in [2.05, 4.69) is 5.32 Å². The van der Waals surface area contributed by atoms with Gasteiger partial charge in [-0.05, 0) is 33.1 Å². The predicted octanol–water partition coefficient (Wildman–Crippen LogP) is 0.569. The van der Waals surface area contributed by atoms with E-state index in [1.54, 1.807) is 0 Å². The second-order valence-corrected chi connectivity index (χ2v) is 8.75. The molecule has 1 rings (SSSR count). The molecule has 0 radical (unpaired) electrons. The molecule has 19 heavy (non-hydrogen) atoms. The second kappa shape index (κ2) is 5.48. The van der Waals surface area contributed by atoms with Gasteiger partial charge in [-0.3, -0.25) is 4.79 Å². The van der Waals surface area contributed by atoms with Gasteiger partial charge in [0.1, 0.15) is 11.8 Å². The highest BCUT2D eigenvalue weighted by Gasteiger charge is 2.34. The van der Waals surface area contributed by atoms with E-state index in [0.29, 0.717) is 12.3 Å². The molecule has 1 saturated carbocycles. The number of rotatable bonds is 6. The summed E-state index contributed by atoms with van der Waals surface area (Å²) in [5.41, 5.74) is 0. The molecule has 1 amide bonds. The predicted molar refractivity (Wildman–Crippen MR) is 70.4 cm³/mol. The van der Waals surface area contributed by atoms with Crippen LogP contribution in [0.4, 0.5) is 0 Å². The molecule has 0 heterocycles. The van der Waals surface area contributed by atoms with Gasteiger partial charge in [-0.1, -0.05) is 12.8 Å². The summed E-state index contributed by atoms with van der Waals surface area (Å²) in [7, 11) is -3.59. The largest absolute Gasteiger partial charge is 0.480 e. The summed E-state index contributed by atoms with van der Waals surface area (Å²) in [5, 5.41) is 11.3. The Kier molecular flexibility index (Phi) is 4.60. The molecule has 0 spiro atoms. The molecular formula is C12H21NO5S. The molecule has 0 aromatic rings. The van der Waals surface area contributed by atoms with E-state index >= 15 is 0 Å². The van der Waals surface area contributed by atoms with Crippen LogP contribution in [0.15, 0.2) is 0 Å². The van der Waals surface area contributed by atoms with Crippen molar-refractivity contribution in [2.75, 3.05) is 5.75 Å². The fourth-order valence-electron chi connectivity index (χ4n) is 1.53. The number of carboxylic acids is 1. The third kappa shape index (κ3) is 4.81. The Balaban J connectivity index is 2.60. The first-order valence-corrected chi connectivity index (χ1v) is 7.92. The van der Waals surface area contributed by atoms with Crippen molar-refractivity contribution in [1.82, 2.24) is 5.32 Å². The van der Waals surface area contributed by atoms with E-state index in [1.807, 2.05) is 0 Å². The zero-order chi connectivity index (χ0) is 14.8. The number of aliphatic carboxylic acids is 1. The average molecular weight is 291 g/mol. The smallest absolute Gasteiger partial charge is 0.326 e. The molecule has 2 N–H and O–H groups in total. The van der Waals surface area contributed by atoms with Crippen LogP contribution in [0.2, 0.25) is 0 Å². The van der Waals surface area contributed by atoms with Crippen molar-refractivity contribution in [3.8, 4) is 0 Å². The Hall–Kier alpha value is -1.11. The molecule has 110 valence electrons. The van der Waals surface area contributed by atoms with Crippen molar-refractivity contribution in [3.63, 3.8) is 0 Å². The maximum atomic E-state index is 11.8. The number of carbonyl (C=O) groups excluding carboxylic acids is 1. The standard InChI is InChI=1S/C12H21NO5S/c1-12(2,3)19(17,18)7-10(14)13-9(11(15)16)6-8-4-5-8/h8-9H,4-7H2,1-3H3,(H,13,14)(H,15,16). The first kappa shape index (κ1) is 15.9. The Morgan fingerprint density at radius 1 is 1.32 bits per heavy atom. The molecule has 0 aliphatic heterocycles. The van der Waals surface area contributed by atoms with Gasteiger partial charge in [-0.2, -0.15) is 0 Å². The normalized spacial score (nSPS) is 17.8. The number of carboxylic acid groups (broad SMARTS) is 1. The first-order chi connectivity index (χ1) is 8.53. The summed E-state index contributed by atoms with van der Waals surface area (Å²) >= 11 is 0. The fourth-order valence-corrected chi connectivity index (χ4v) is 2.39. The van der Waals surface area contributed by atoms with E-state index in [0.717, 1.165) is 12.8 Å². The molecular weight excluding hydrogens is 270 g/mol. The Bertz CT molecular complexity index is 459. The topological polar surface area (TPSA) is 101 Å². The van der Waals surface area contributed by atoms with E-state index in [-0.39, 0.29) is 0 Å². The highest BCUT2D eigenvalue weighted by molar-refractivity contribution is 7.93. The average Bonchev–Trinajstić information content (AvgIpc) is 2.97. The summed E-state index contributed by atoms with van der Waals surface area (Å²) in [6.45, 7) is 4.53. The van der Waals surface area contributed by atoms with Gasteiger partial charge in [0, 0.05) is 0 Å². The van der Waals surface area contributed by atoms with Crippen molar-refractivity contribution in [2.45, 2.75) is 50.8 Å². The highest BCUT2D eigenvalue weighted by atomic mass is 32.2. The molecule has 0 saturated heterocycles. The van der Waals surface area contributed by atoms with E-state index in [9.17, 15) is 18.0 Å². The number of carbonyl (C=O) groups is 2. The lowest BCUT2D eigenvalue weighted by molar-refractivity contribution is -0.141. The van der Waals surface area contributed by atoms with Gasteiger partial charge in [0.15, 0.2) is 9.84 Å². The molecule has 1 aliphatic carbocycles. The maximum absolute atomic E-state index is 11.8. The van der Waals surface area contributed by atoms with Gasteiger partial charge in [0.25, 0.3) is 0 Å². The summed E-state index contributed by atoms with van der Waals surface area (Å²) in [5.74, 6) is -2.21. The second-order valence-electron chi connectivity index (χ2n) is 6.01. The number of hydrogen-bond acceptors (Lipinski definition) is 4. The highest BCUT2D eigenvalue weighted by Crippen LogP contribution is 2.33. The van der Waals surface area contributed by atoms with Crippen molar-refractivity contribution in [3.05, 3.63) is 0 Å². The van der Waals surface area contributed by atoms with Crippen LogP contribution in [-0.4, -0.2) is 41.9 Å². The van der Waals surface area contributed by atoms with Gasteiger partial charge in [0.2, 0.25) is 5.91 Å². The van der Waals surface area contributed by atoms with Crippen LogP contribution in [0.5, 0.6) is 0 Å². The summed E-state index contributed by atoms with van der Waals surface area (Å²) < 4.78 is 22.7. The third-order valence-corrected chi connectivity index (χ3v) is 5.66. The minimum Gasteiger partial charge on any atom is -0.480 e. The van der Waals surface area contributed by atoms with Gasteiger partial charge in [-0.15, -0.1) is 0 Å². The van der Waals surface area contributed by atoms with Crippen molar-refractivity contribution in [2.24, 2.45) is 5.92 Å². The van der Waals surface area contributed by atoms with Crippen LogP contribution in [0.25, 0.3) is 0 Å². The Morgan fingerprint density at radius 2 is 1.84 bits per heavy atom. The molecule has 7 heteroatoms. The van der Waals surface area contributed by atoms with Crippen molar-refractivity contribution in [1.29, 1.82) is 0 Å².